The Labute approximate surface area is 133 Å². The smallest absolute Gasteiger partial charge is 0.243 e. The minimum absolute atomic E-state index is 0.0325. The van der Waals surface area contributed by atoms with E-state index in [4.69, 9.17) is 10.00 Å². The zero-order valence-corrected chi connectivity index (χ0v) is 13.1. The van der Waals surface area contributed by atoms with Crippen LogP contribution >= 0.6 is 0 Å². The molecule has 2 saturated heterocycles. The number of rotatable bonds is 2. The predicted molar refractivity (Wildman–Crippen MR) is 77.4 cm³/mol. The Morgan fingerprint density at radius 1 is 1.26 bits per heavy atom. The molecule has 0 aliphatic carbocycles. The largest absolute Gasteiger partial charge is 0.367 e. The van der Waals surface area contributed by atoms with Gasteiger partial charge in [0.05, 0.1) is 22.1 Å². The fraction of sp³-hybridized carbons (Fsp3) is 0.467. The van der Waals surface area contributed by atoms with Crippen molar-refractivity contribution in [3.8, 4) is 6.07 Å². The standard InChI is InChI=1S/C15H15FN2O4S/c16-12-5-11(9-17)6-14(7-12)23(20,21)18-3-1-15(2-4-18)8-13(19)10-22-15/h5-7H,1-4,8,10H2. The van der Waals surface area contributed by atoms with Crippen LogP contribution in [0.2, 0.25) is 0 Å². The maximum absolute atomic E-state index is 13.5. The number of nitriles is 1. The number of ketones is 1. The Balaban J connectivity index is 1.81. The molecule has 2 fully saturated rings. The van der Waals surface area contributed by atoms with E-state index in [0.29, 0.717) is 19.3 Å². The molecule has 2 heterocycles. The maximum atomic E-state index is 13.5. The van der Waals surface area contributed by atoms with Crippen LogP contribution in [0.3, 0.4) is 0 Å². The van der Waals surface area contributed by atoms with Crippen LogP contribution in [0.15, 0.2) is 23.1 Å². The number of carbonyl (C=O) groups excluding carboxylic acids is 1. The number of hydrogen-bond donors (Lipinski definition) is 0. The van der Waals surface area contributed by atoms with Crippen molar-refractivity contribution in [2.24, 2.45) is 0 Å². The molecule has 1 aromatic rings. The molecule has 122 valence electrons. The minimum Gasteiger partial charge on any atom is -0.367 e. The van der Waals surface area contributed by atoms with Crippen LogP contribution in [0.1, 0.15) is 24.8 Å². The summed E-state index contributed by atoms with van der Waals surface area (Å²) in [7, 11) is -3.88. The highest BCUT2D eigenvalue weighted by molar-refractivity contribution is 7.89. The van der Waals surface area contributed by atoms with Crippen LogP contribution in [0, 0.1) is 17.1 Å². The lowest BCUT2D eigenvalue weighted by atomic mass is 9.89. The number of halogens is 1. The van der Waals surface area contributed by atoms with E-state index in [2.05, 4.69) is 0 Å². The van der Waals surface area contributed by atoms with E-state index in [-0.39, 0.29) is 35.9 Å². The summed E-state index contributed by atoms with van der Waals surface area (Å²) in [6.07, 6.45) is 1.18. The number of hydrogen-bond acceptors (Lipinski definition) is 5. The molecule has 0 saturated carbocycles. The fourth-order valence-corrected chi connectivity index (χ4v) is 4.57. The molecule has 0 aromatic heterocycles. The first-order chi connectivity index (χ1) is 10.8. The number of Topliss-reactive ketones (excluding diaryl/α,β-unsaturated/α-hetero) is 1. The molecule has 0 atom stereocenters. The van der Waals surface area contributed by atoms with Crippen molar-refractivity contribution in [3.05, 3.63) is 29.6 Å². The number of benzene rings is 1. The van der Waals surface area contributed by atoms with Crippen LogP contribution in [0.5, 0.6) is 0 Å². The first-order valence-electron chi connectivity index (χ1n) is 7.21. The maximum Gasteiger partial charge on any atom is 0.243 e. The lowest BCUT2D eigenvalue weighted by molar-refractivity contribution is -0.117. The molecule has 2 aliphatic heterocycles. The third kappa shape index (κ3) is 3.00. The topological polar surface area (TPSA) is 87.5 Å². The van der Waals surface area contributed by atoms with Crippen molar-refractivity contribution in [1.82, 2.24) is 4.31 Å². The number of sulfonamides is 1. The van der Waals surface area contributed by atoms with Crippen LogP contribution < -0.4 is 0 Å². The molecule has 1 aromatic carbocycles. The van der Waals surface area contributed by atoms with Crippen molar-refractivity contribution >= 4 is 15.8 Å². The molecule has 8 heteroatoms. The van der Waals surface area contributed by atoms with Gasteiger partial charge in [-0.25, -0.2) is 12.8 Å². The van der Waals surface area contributed by atoms with Gasteiger partial charge < -0.3 is 4.74 Å². The second-order valence-electron chi connectivity index (χ2n) is 5.88. The molecule has 6 nitrogen and oxygen atoms in total. The molecule has 0 N–H and O–H groups in total. The highest BCUT2D eigenvalue weighted by atomic mass is 32.2. The van der Waals surface area contributed by atoms with Gasteiger partial charge in [0.15, 0.2) is 5.78 Å². The van der Waals surface area contributed by atoms with Gasteiger partial charge in [0.25, 0.3) is 0 Å². The van der Waals surface area contributed by atoms with E-state index in [1.54, 1.807) is 6.07 Å². The first kappa shape index (κ1) is 16.1. The molecular weight excluding hydrogens is 323 g/mol. The average molecular weight is 338 g/mol. The van der Waals surface area contributed by atoms with E-state index in [1.807, 2.05) is 0 Å². The average Bonchev–Trinajstić information content (AvgIpc) is 2.87. The van der Waals surface area contributed by atoms with Crippen molar-refractivity contribution < 1.29 is 22.3 Å². The van der Waals surface area contributed by atoms with Crippen LogP contribution in [0.4, 0.5) is 4.39 Å². The highest BCUT2D eigenvalue weighted by Crippen LogP contribution is 2.36. The minimum atomic E-state index is -3.88. The lowest BCUT2D eigenvalue weighted by Crippen LogP contribution is -2.46. The summed E-state index contributed by atoms with van der Waals surface area (Å²) in [5.41, 5.74) is -0.593. The Morgan fingerprint density at radius 2 is 1.96 bits per heavy atom. The number of ether oxygens (including phenoxy) is 1. The van der Waals surface area contributed by atoms with Gasteiger partial charge in [0.2, 0.25) is 10.0 Å². The van der Waals surface area contributed by atoms with E-state index in [0.717, 1.165) is 12.1 Å². The number of carbonyl (C=O) groups is 1. The second-order valence-corrected chi connectivity index (χ2v) is 7.82. The Morgan fingerprint density at radius 3 is 2.52 bits per heavy atom. The molecule has 0 amide bonds. The van der Waals surface area contributed by atoms with E-state index >= 15 is 0 Å². The molecule has 3 rings (SSSR count). The summed E-state index contributed by atoms with van der Waals surface area (Å²) < 4.78 is 45.5. The van der Waals surface area contributed by atoms with Gasteiger partial charge >= 0.3 is 0 Å². The lowest BCUT2D eigenvalue weighted by Gasteiger charge is -2.37. The third-order valence-electron chi connectivity index (χ3n) is 4.33. The molecule has 23 heavy (non-hydrogen) atoms. The van der Waals surface area contributed by atoms with Gasteiger partial charge in [-0.1, -0.05) is 0 Å². The zero-order chi connectivity index (χ0) is 16.7. The summed E-state index contributed by atoms with van der Waals surface area (Å²) in [5, 5.41) is 8.85. The second kappa shape index (κ2) is 5.67. The molecule has 0 bridgehead atoms. The van der Waals surface area contributed by atoms with Crippen molar-refractivity contribution in [3.63, 3.8) is 0 Å². The van der Waals surface area contributed by atoms with Gasteiger partial charge in [-0.05, 0) is 31.0 Å². The van der Waals surface area contributed by atoms with E-state index < -0.39 is 21.4 Å². The van der Waals surface area contributed by atoms with Crippen molar-refractivity contribution in [2.75, 3.05) is 19.7 Å². The molecule has 0 radical (unpaired) electrons. The van der Waals surface area contributed by atoms with Gasteiger partial charge in [-0.3, -0.25) is 4.79 Å². The monoisotopic (exact) mass is 338 g/mol. The predicted octanol–water partition coefficient (Wildman–Crippen LogP) is 1.21. The van der Waals surface area contributed by atoms with Gasteiger partial charge in [0.1, 0.15) is 12.4 Å². The normalized spacial score (nSPS) is 21.5. The summed E-state index contributed by atoms with van der Waals surface area (Å²) in [6.45, 7) is 0.490. The van der Waals surface area contributed by atoms with Gasteiger partial charge in [-0.2, -0.15) is 9.57 Å². The van der Waals surface area contributed by atoms with Gasteiger partial charge in [-0.15, -0.1) is 0 Å². The Kier molecular flexibility index (Phi) is 3.96. The fourth-order valence-electron chi connectivity index (χ4n) is 3.08. The van der Waals surface area contributed by atoms with Crippen LogP contribution in [0.25, 0.3) is 0 Å². The summed E-state index contributed by atoms with van der Waals surface area (Å²) >= 11 is 0. The van der Waals surface area contributed by atoms with Crippen LogP contribution in [-0.4, -0.2) is 43.8 Å². The van der Waals surface area contributed by atoms with Crippen molar-refractivity contribution in [1.29, 1.82) is 5.26 Å². The molecular formula is C15H15FN2O4S. The quantitative estimate of drug-likeness (QED) is 0.809. The molecule has 1 spiro atoms. The van der Waals surface area contributed by atoms with E-state index in [9.17, 15) is 17.6 Å². The molecule has 2 aliphatic rings. The number of nitrogens with zero attached hydrogens (tertiary/aromatic N) is 2. The SMILES string of the molecule is N#Cc1cc(F)cc(S(=O)(=O)N2CCC3(CC2)CC(=O)CO3)c1. The zero-order valence-electron chi connectivity index (χ0n) is 12.3. The Hall–Kier alpha value is -1.82. The highest BCUT2D eigenvalue weighted by Gasteiger charge is 2.44. The summed E-state index contributed by atoms with van der Waals surface area (Å²) in [5.74, 6) is -0.731. The Bertz CT molecular complexity index is 792. The van der Waals surface area contributed by atoms with Gasteiger partial charge in [0, 0.05) is 19.5 Å². The third-order valence-corrected chi connectivity index (χ3v) is 6.21. The first-order valence-corrected chi connectivity index (χ1v) is 8.65. The molecule has 0 unspecified atom stereocenters. The van der Waals surface area contributed by atoms with Crippen molar-refractivity contribution in [2.45, 2.75) is 29.8 Å². The summed E-state index contributed by atoms with van der Waals surface area (Å²) in [6, 6.07) is 4.81. The van der Waals surface area contributed by atoms with E-state index in [1.165, 1.54) is 10.4 Å². The number of piperidine rings is 1. The summed E-state index contributed by atoms with van der Waals surface area (Å²) in [4.78, 5) is 11.2. The van der Waals surface area contributed by atoms with Crippen LogP contribution in [-0.2, 0) is 19.6 Å².